The zero-order valence-corrected chi connectivity index (χ0v) is 24.7. The van der Waals surface area contributed by atoms with Crippen LogP contribution in [-0.4, -0.2) is 43.8 Å². The molecule has 3 aromatic carbocycles. The van der Waals surface area contributed by atoms with E-state index in [-0.39, 0.29) is 23.4 Å². The Morgan fingerprint density at radius 1 is 0.895 bits per heavy atom. The molecule has 0 aliphatic rings. The summed E-state index contributed by atoms with van der Waals surface area (Å²) in [6.07, 6.45) is 0. The van der Waals surface area contributed by atoms with Crippen molar-refractivity contribution in [3.8, 4) is 0 Å². The molecule has 0 bridgehead atoms. The topological polar surface area (TPSA) is 86.8 Å². The molecule has 0 fully saturated rings. The fourth-order valence-corrected chi connectivity index (χ4v) is 5.59. The molecule has 0 unspecified atom stereocenters. The van der Waals surface area contributed by atoms with Crippen LogP contribution in [0.5, 0.6) is 0 Å². The Morgan fingerprint density at radius 2 is 1.53 bits per heavy atom. The fraction of sp³-hybridized carbons (Fsp3) is 0.310. The Labute approximate surface area is 234 Å². The summed E-state index contributed by atoms with van der Waals surface area (Å²) in [6.45, 7) is 8.76. The molecule has 0 aliphatic carbocycles. The third-order valence-electron chi connectivity index (χ3n) is 6.04. The first-order valence-electron chi connectivity index (χ1n) is 12.4. The number of rotatable bonds is 10. The lowest BCUT2D eigenvalue weighted by Crippen LogP contribution is -2.52. The zero-order chi connectivity index (χ0) is 28.0. The minimum Gasteiger partial charge on any atom is -0.352 e. The van der Waals surface area contributed by atoms with E-state index in [1.807, 2.05) is 58.0 Å². The van der Waals surface area contributed by atoms with Gasteiger partial charge in [0, 0.05) is 17.1 Å². The van der Waals surface area contributed by atoms with Crippen molar-refractivity contribution in [2.75, 3.05) is 10.8 Å². The van der Waals surface area contributed by atoms with Crippen LogP contribution in [0.25, 0.3) is 0 Å². The molecular formula is C29H34BrN3O4S. The summed E-state index contributed by atoms with van der Waals surface area (Å²) in [5, 5.41) is 2.85. The van der Waals surface area contributed by atoms with Gasteiger partial charge in [0.25, 0.3) is 10.0 Å². The van der Waals surface area contributed by atoms with E-state index in [0.717, 1.165) is 25.5 Å². The molecule has 0 saturated carbocycles. The van der Waals surface area contributed by atoms with Gasteiger partial charge in [-0.05, 0) is 82.1 Å². The molecule has 2 amide bonds. The van der Waals surface area contributed by atoms with Gasteiger partial charge in [-0.15, -0.1) is 0 Å². The molecule has 3 aromatic rings. The number of halogens is 1. The first-order valence-corrected chi connectivity index (χ1v) is 14.6. The van der Waals surface area contributed by atoms with Crippen LogP contribution >= 0.6 is 15.9 Å². The molecule has 1 atom stereocenters. The first-order chi connectivity index (χ1) is 17.9. The van der Waals surface area contributed by atoms with Crippen molar-refractivity contribution >= 4 is 43.5 Å². The molecule has 9 heteroatoms. The number of aryl methyl sites for hydroxylation is 2. The summed E-state index contributed by atoms with van der Waals surface area (Å²) >= 11 is 3.41. The van der Waals surface area contributed by atoms with Gasteiger partial charge in [0.05, 0.1) is 10.6 Å². The molecule has 0 spiro atoms. The van der Waals surface area contributed by atoms with E-state index in [2.05, 4.69) is 21.2 Å². The van der Waals surface area contributed by atoms with Crippen LogP contribution in [0, 0.1) is 13.8 Å². The second kappa shape index (κ2) is 12.6. The lowest BCUT2D eigenvalue weighted by atomic mass is 10.1. The number of carbonyl (C=O) groups excluding carboxylic acids is 2. The highest BCUT2D eigenvalue weighted by Crippen LogP contribution is 2.26. The Bertz CT molecular complexity index is 1370. The maximum atomic E-state index is 13.9. The SMILES string of the molecule is Cc1ccc(S(=O)(=O)N(CC(=O)N(Cc2ccc(Br)cc2)[C@H](C)C(=O)NC(C)C)c2cccc(C)c2)cc1. The Kier molecular flexibility index (Phi) is 9.73. The number of nitrogens with zero attached hydrogens (tertiary/aromatic N) is 2. The monoisotopic (exact) mass is 599 g/mol. The minimum absolute atomic E-state index is 0.0856. The van der Waals surface area contributed by atoms with Gasteiger partial charge in [0.1, 0.15) is 12.6 Å². The number of hydrogen-bond acceptors (Lipinski definition) is 4. The molecule has 7 nitrogen and oxygen atoms in total. The van der Waals surface area contributed by atoms with Crippen molar-refractivity contribution in [1.29, 1.82) is 0 Å². The number of nitrogens with one attached hydrogen (secondary N) is 1. The van der Waals surface area contributed by atoms with Gasteiger partial charge in [-0.3, -0.25) is 13.9 Å². The van der Waals surface area contributed by atoms with Crippen LogP contribution in [0.15, 0.2) is 82.2 Å². The van der Waals surface area contributed by atoms with Gasteiger partial charge in [0.2, 0.25) is 11.8 Å². The minimum atomic E-state index is -4.08. The van der Waals surface area contributed by atoms with E-state index in [4.69, 9.17) is 0 Å². The average molecular weight is 601 g/mol. The van der Waals surface area contributed by atoms with E-state index < -0.39 is 28.5 Å². The van der Waals surface area contributed by atoms with Crippen LogP contribution < -0.4 is 9.62 Å². The van der Waals surface area contributed by atoms with Gasteiger partial charge in [0.15, 0.2) is 0 Å². The molecular weight excluding hydrogens is 566 g/mol. The smallest absolute Gasteiger partial charge is 0.264 e. The van der Waals surface area contributed by atoms with Gasteiger partial charge in [-0.25, -0.2) is 8.42 Å². The number of carbonyl (C=O) groups is 2. The summed E-state index contributed by atoms with van der Waals surface area (Å²) in [5.41, 5.74) is 2.97. The molecule has 0 saturated heterocycles. The quantitative estimate of drug-likeness (QED) is 0.347. The maximum absolute atomic E-state index is 13.9. The Balaban J connectivity index is 2.03. The summed E-state index contributed by atoms with van der Waals surface area (Å²) in [6, 6.07) is 20.0. The van der Waals surface area contributed by atoms with E-state index in [1.54, 1.807) is 37.3 Å². The van der Waals surface area contributed by atoms with Crippen molar-refractivity contribution < 1.29 is 18.0 Å². The normalized spacial score (nSPS) is 12.2. The molecule has 0 aliphatic heterocycles. The van der Waals surface area contributed by atoms with Crippen molar-refractivity contribution in [2.45, 2.75) is 58.1 Å². The van der Waals surface area contributed by atoms with Crippen LogP contribution in [-0.2, 0) is 26.2 Å². The lowest BCUT2D eigenvalue weighted by Gasteiger charge is -2.32. The van der Waals surface area contributed by atoms with E-state index >= 15 is 0 Å². The predicted molar refractivity (Wildman–Crippen MR) is 154 cm³/mol. The summed E-state index contributed by atoms with van der Waals surface area (Å²) in [7, 11) is -4.08. The number of sulfonamides is 1. The van der Waals surface area contributed by atoms with Gasteiger partial charge in [-0.1, -0.05) is 57.9 Å². The molecule has 0 aromatic heterocycles. The Morgan fingerprint density at radius 3 is 2.11 bits per heavy atom. The summed E-state index contributed by atoms with van der Waals surface area (Å²) < 4.78 is 29.7. The van der Waals surface area contributed by atoms with E-state index in [1.165, 1.54) is 17.0 Å². The maximum Gasteiger partial charge on any atom is 0.264 e. The number of amides is 2. The predicted octanol–water partition coefficient (Wildman–Crippen LogP) is 5.20. The Hall–Kier alpha value is -3.17. The highest BCUT2D eigenvalue weighted by molar-refractivity contribution is 9.10. The molecule has 202 valence electrons. The van der Waals surface area contributed by atoms with Crippen LogP contribution in [0.3, 0.4) is 0 Å². The van der Waals surface area contributed by atoms with Gasteiger partial charge in [-0.2, -0.15) is 0 Å². The standard InChI is InChI=1S/C29H34BrN3O4S/c1-20(2)31-29(35)23(5)32(18-24-11-13-25(30)14-12-24)28(34)19-33(26-8-6-7-22(4)17-26)38(36,37)27-15-9-21(3)10-16-27/h6-17,20,23H,18-19H2,1-5H3,(H,31,35)/t23-/m1/s1. The molecule has 3 rings (SSSR count). The van der Waals surface area contributed by atoms with Crippen LogP contribution in [0.1, 0.15) is 37.5 Å². The molecule has 0 heterocycles. The van der Waals surface area contributed by atoms with E-state index in [0.29, 0.717) is 5.69 Å². The van der Waals surface area contributed by atoms with Crippen molar-refractivity contribution in [1.82, 2.24) is 10.2 Å². The average Bonchev–Trinajstić information content (AvgIpc) is 2.86. The summed E-state index contributed by atoms with van der Waals surface area (Å²) in [5.74, 6) is -0.800. The van der Waals surface area contributed by atoms with Crippen molar-refractivity contribution in [3.63, 3.8) is 0 Å². The first kappa shape index (κ1) is 29.4. The second-order valence-electron chi connectivity index (χ2n) is 9.65. The number of hydrogen-bond donors (Lipinski definition) is 1. The molecule has 1 N–H and O–H groups in total. The highest BCUT2D eigenvalue weighted by Gasteiger charge is 2.32. The van der Waals surface area contributed by atoms with Crippen molar-refractivity contribution in [3.05, 3.63) is 94.0 Å². The summed E-state index contributed by atoms with van der Waals surface area (Å²) in [4.78, 5) is 28.3. The number of benzene rings is 3. The van der Waals surface area contributed by atoms with E-state index in [9.17, 15) is 18.0 Å². The highest BCUT2D eigenvalue weighted by atomic mass is 79.9. The van der Waals surface area contributed by atoms with Gasteiger partial charge < -0.3 is 10.2 Å². The third-order valence-corrected chi connectivity index (χ3v) is 8.36. The third kappa shape index (κ3) is 7.45. The van der Waals surface area contributed by atoms with Crippen LogP contribution in [0.2, 0.25) is 0 Å². The molecule has 38 heavy (non-hydrogen) atoms. The fourth-order valence-electron chi connectivity index (χ4n) is 3.92. The van der Waals surface area contributed by atoms with Crippen molar-refractivity contribution in [2.24, 2.45) is 0 Å². The zero-order valence-electron chi connectivity index (χ0n) is 22.3. The largest absolute Gasteiger partial charge is 0.352 e. The van der Waals surface area contributed by atoms with Crippen LogP contribution in [0.4, 0.5) is 5.69 Å². The lowest BCUT2D eigenvalue weighted by molar-refractivity contribution is -0.139. The molecule has 0 radical (unpaired) electrons. The second-order valence-corrected chi connectivity index (χ2v) is 12.4. The number of anilines is 1. The van der Waals surface area contributed by atoms with Gasteiger partial charge >= 0.3 is 0 Å².